The van der Waals surface area contributed by atoms with Gasteiger partial charge in [0.1, 0.15) is 0 Å². The molecule has 96 valence electrons. The average molecular weight is 284 g/mol. The lowest BCUT2D eigenvalue weighted by molar-refractivity contribution is 0.603. The molecule has 1 heterocycles. The molecule has 1 aromatic carbocycles. The van der Waals surface area contributed by atoms with Gasteiger partial charge in [0.15, 0.2) is 0 Å². The van der Waals surface area contributed by atoms with Gasteiger partial charge >= 0.3 is 0 Å². The number of anilines is 2. The summed E-state index contributed by atoms with van der Waals surface area (Å²) in [5, 5.41) is 8.07. The molecule has 0 aliphatic rings. The number of nitrogens with zero attached hydrogens (tertiary/aromatic N) is 1. The van der Waals surface area contributed by atoms with E-state index in [9.17, 15) is 8.42 Å². The van der Waals surface area contributed by atoms with Crippen molar-refractivity contribution in [1.29, 1.82) is 0 Å². The number of benzene rings is 1. The molecule has 0 bridgehead atoms. The monoisotopic (exact) mass is 284 g/mol. The van der Waals surface area contributed by atoms with E-state index in [0.717, 1.165) is 10.6 Å². The second-order valence-electron chi connectivity index (χ2n) is 3.55. The molecular weight excluding hydrogens is 272 g/mol. The van der Waals surface area contributed by atoms with Crippen LogP contribution < -0.4 is 15.2 Å². The summed E-state index contributed by atoms with van der Waals surface area (Å²) >= 11 is 1.55. The first kappa shape index (κ1) is 12.8. The fraction of sp³-hybridized carbons (Fsp3) is 0.100. The smallest absolute Gasteiger partial charge is 0.296 e. The standard InChI is InChI=1S/C10H12N4O2S2/c11-18(15,16)14-9-3-1-2-8(4-9)13-6-10-5-12-7-17-10/h1-5,7,13-14H,6H2,(H2,11,15,16). The number of thiazole rings is 1. The largest absolute Gasteiger partial charge is 0.380 e. The minimum atomic E-state index is -3.74. The summed E-state index contributed by atoms with van der Waals surface area (Å²) in [7, 11) is -3.74. The molecule has 0 unspecified atom stereocenters. The lowest BCUT2D eigenvalue weighted by atomic mass is 10.3. The molecule has 0 fully saturated rings. The molecule has 0 aliphatic carbocycles. The molecule has 6 nitrogen and oxygen atoms in total. The molecule has 0 aliphatic heterocycles. The summed E-state index contributed by atoms with van der Waals surface area (Å²) < 4.78 is 24.0. The fourth-order valence-corrected chi connectivity index (χ4v) is 2.37. The minimum absolute atomic E-state index is 0.423. The molecule has 8 heteroatoms. The molecule has 0 saturated carbocycles. The van der Waals surface area contributed by atoms with Gasteiger partial charge in [0.25, 0.3) is 10.2 Å². The number of hydrogen-bond donors (Lipinski definition) is 3. The van der Waals surface area contributed by atoms with Gasteiger partial charge in [-0.3, -0.25) is 9.71 Å². The highest BCUT2D eigenvalue weighted by Crippen LogP contribution is 2.17. The Morgan fingerprint density at radius 3 is 2.78 bits per heavy atom. The van der Waals surface area contributed by atoms with E-state index in [1.54, 1.807) is 41.2 Å². The zero-order chi connectivity index (χ0) is 13.0. The van der Waals surface area contributed by atoms with Crippen LogP contribution in [-0.4, -0.2) is 13.4 Å². The Balaban J connectivity index is 2.03. The topological polar surface area (TPSA) is 97.1 Å². The SMILES string of the molecule is NS(=O)(=O)Nc1cccc(NCc2cncs2)c1. The highest BCUT2D eigenvalue weighted by Gasteiger charge is 2.03. The van der Waals surface area contributed by atoms with Gasteiger partial charge in [0, 0.05) is 16.8 Å². The first-order chi connectivity index (χ1) is 8.53. The second kappa shape index (κ2) is 5.34. The van der Waals surface area contributed by atoms with Crippen LogP contribution in [0, 0.1) is 0 Å². The van der Waals surface area contributed by atoms with Gasteiger partial charge in [-0.1, -0.05) is 6.07 Å². The van der Waals surface area contributed by atoms with Crippen LogP contribution in [0.1, 0.15) is 4.88 Å². The maximum Gasteiger partial charge on any atom is 0.296 e. The van der Waals surface area contributed by atoms with Gasteiger partial charge in [0.2, 0.25) is 0 Å². The Kier molecular flexibility index (Phi) is 3.80. The molecule has 18 heavy (non-hydrogen) atoms. The Bertz CT molecular complexity index is 611. The maximum atomic E-state index is 10.9. The van der Waals surface area contributed by atoms with E-state index < -0.39 is 10.2 Å². The second-order valence-corrected chi connectivity index (χ2v) is 5.81. The quantitative estimate of drug-likeness (QED) is 0.772. The predicted molar refractivity (Wildman–Crippen MR) is 72.6 cm³/mol. The van der Waals surface area contributed by atoms with E-state index in [1.807, 2.05) is 6.07 Å². The third kappa shape index (κ3) is 3.99. The van der Waals surface area contributed by atoms with E-state index in [4.69, 9.17) is 5.14 Å². The van der Waals surface area contributed by atoms with E-state index in [2.05, 4.69) is 15.0 Å². The zero-order valence-electron chi connectivity index (χ0n) is 9.33. The molecule has 0 amide bonds. The summed E-state index contributed by atoms with van der Waals surface area (Å²) in [4.78, 5) is 5.07. The van der Waals surface area contributed by atoms with E-state index >= 15 is 0 Å². The van der Waals surface area contributed by atoms with Crippen LogP contribution >= 0.6 is 11.3 Å². The summed E-state index contributed by atoms with van der Waals surface area (Å²) in [5.74, 6) is 0. The highest BCUT2D eigenvalue weighted by atomic mass is 32.2. The van der Waals surface area contributed by atoms with Crippen LogP contribution in [-0.2, 0) is 16.8 Å². The van der Waals surface area contributed by atoms with Gasteiger partial charge < -0.3 is 5.32 Å². The van der Waals surface area contributed by atoms with Crippen molar-refractivity contribution in [3.8, 4) is 0 Å². The summed E-state index contributed by atoms with van der Waals surface area (Å²) in [6.45, 7) is 0.642. The Morgan fingerprint density at radius 1 is 1.33 bits per heavy atom. The first-order valence-electron chi connectivity index (χ1n) is 5.05. The van der Waals surface area contributed by atoms with Crippen LogP contribution in [0.5, 0.6) is 0 Å². The number of nitrogens with one attached hydrogen (secondary N) is 2. The van der Waals surface area contributed by atoms with Crippen LogP contribution in [0.25, 0.3) is 0 Å². The summed E-state index contributed by atoms with van der Waals surface area (Å²) in [5.41, 5.74) is 2.99. The number of hydrogen-bond acceptors (Lipinski definition) is 5. The van der Waals surface area contributed by atoms with Gasteiger partial charge in [-0.2, -0.15) is 8.42 Å². The van der Waals surface area contributed by atoms with Crippen molar-refractivity contribution in [1.82, 2.24) is 4.98 Å². The highest BCUT2D eigenvalue weighted by molar-refractivity contribution is 7.90. The molecular formula is C10H12N4O2S2. The maximum absolute atomic E-state index is 10.9. The normalized spacial score (nSPS) is 11.2. The first-order valence-corrected chi connectivity index (χ1v) is 7.47. The number of rotatable bonds is 5. The van der Waals surface area contributed by atoms with Gasteiger partial charge in [-0.05, 0) is 18.2 Å². The van der Waals surface area contributed by atoms with E-state index in [0.29, 0.717) is 12.2 Å². The van der Waals surface area contributed by atoms with Crippen molar-refractivity contribution in [3.05, 3.63) is 40.8 Å². The lowest BCUT2D eigenvalue weighted by Crippen LogP contribution is -2.21. The van der Waals surface area contributed by atoms with Crippen molar-refractivity contribution in [2.24, 2.45) is 5.14 Å². The Hall–Kier alpha value is -1.64. The zero-order valence-corrected chi connectivity index (χ0v) is 11.0. The molecule has 0 saturated heterocycles. The summed E-state index contributed by atoms with van der Waals surface area (Å²) in [6, 6.07) is 6.88. The Labute approximate surface area is 109 Å². The lowest BCUT2D eigenvalue weighted by Gasteiger charge is -2.08. The third-order valence-electron chi connectivity index (χ3n) is 2.07. The van der Waals surface area contributed by atoms with E-state index in [-0.39, 0.29) is 0 Å². The predicted octanol–water partition coefficient (Wildman–Crippen LogP) is 1.37. The average Bonchev–Trinajstić information content (AvgIpc) is 2.77. The molecule has 2 rings (SSSR count). The molecule has 2 aromatic rings. The third-order valence-corrected chi connectivity index (χ3v) is 3.37. The van der Waals surface area contributed by atoms with Crippen molar-refractivity contribution in [3.63, 3.8) is 0 Å². The van der Waals surface area contributed by atoms with Crippen molar-refractivity contribution < 1.29 is 8.42 Å². The van der Waals surface area contributed by atoms with Gasteiger partial charge in [-0.25, -0.2) is 5.14 Å². The van der Waals surface area contributed by atoms with Crippen LogP contribution in [0.3, 0.4) is 0 Å². The van der Waals surface area contributed by atoms with E-state index in [1.165, 1.54) is 0 Å². The Morgan fingerprint density at radius 2 is 2.11 bits per heavy atom. The van der Waals surface area contributed by atoms with Crippen molar-refractivity contribution in [2.75, 3.05) is 10.0 Å². The fourth-order valence-electron chi connectivity index (χ4n) is 1.38. The molecule has 1 aromatic heterocycles. The summed E-state index contributed by atoms with van der Waals surface area (Å²) in [6.07, 6.45) is 1.78. The molecule has 4 N–H and O–H groups in total. The molecule has 0 atom stereocenters. The van der Waals surface area contributed by atoms with Crippen molar-refractivity contribution in [2.45, 2.75) is 6.54 Å². The van der Waals surface area contributed by atoms with Gasteiger partial charge in [-0.15, -0.1) is 11.3 Å². The molecule has 0 radical (unpaired) electrons. The van der Waals surface area contributed by atoms with Gasteiger partial charge in [0.05, 0.1) is 17.7 Å². The van der Waals surface area contributed by atoms with Crippen molar-refractivity contribution >= 4 is 32.9 Å². The minimum Gasteiger partial charge on any atom is -0.380 e. The number of nitrogens with two attached hydrogens (primary N) is 1. The van der Waals surface area contributed by atoms with Crippen LogP contribution in [0.15, 0.2) is 36.0 Å². The van der Waals surface area contributed by atoms with Crippen LogP contribution in [0.2, 0.25) is 0 Å². The molecule has 0 spiro atoms. The number of aromatic nitrogens is 1. The van der Waals surface area contributed by atoms with Crippen LogP contribution in [0.4, 0.5) is 11.4 Å².